The average molecular weight is 266 g/mol. The molecule has 19 heavy (non-hydrogen) atoms. The van der Waals surface area contributed by atoms with E-state index in [-0.39, 0.29) is 17.8 Å². The van der Waals surface area contributed by atoms with Gasteiger partial charge in [-0.05, 0) is 37.5 Å². The fraction of sp³-hybridized carbons (Fsp3) is 0.500. The maximum absolute atomic E-state index is 12.9. The number of anilines is 1. The van der Waals surface area contributed by atoms with E-state index in [0.717, 1.165) is 24.9 Å². The van der Waals surface area contributed by atoms with Crippen LogP contribution < -0.4 is 10.6 Å². The van der Waals surface area contributed by atoms with Gasteiger partial charge in [-0.25, -0.2) is 4.39 Å². The molecule has 1 unspecified atom stereocenters. The Bertz CT molecular complexity index is 420. The molecular weight excluding hydrogens is 247 g/mol. The molecule has 1 aliphatic rings. The normalized spacial score (nSPS) is 18.3. The molecule has 0 aromatic heterocycles. The summed E-state index contributed by atoms with van der Waals surface area (Å²) in [6, 6.07) is 6.34. The first-order chi connectivity index (χ1) is 9.25. The molecule has 104 valence electrons. The van der Waals surface area contributed by atoms with Gasteiger partial charge in [-0.1, -0.05) is 6.07 Å². The predicted molar refractivity (Wildman–Crippen MR) is 71.5 cm³/mol. The summed E-state index contributed by atoms with van der Waals surface area (Å²) >= 11 is 0. The van der Waals surface area contributed by atoms with Gasteiger partial charge in [-0.2, -0.15) is 0 Å². The Hall–Kier alpha value is -1.62. The molecule has 2 rings (SSSR count). The number of carbonyl (C=O) groups is 1. The Kier molecular flexibility index (Phi) is 5.15. The molecule has 4 nitrogen and oxygen atoms in total. The molecule has 2 N–H and O–H groups in total. The van der Waals surface area contributed by atoms with E-state index in [1.54, 1.807) is 6.07 Å². The summed E-state index contributed by atoms with van der Waals surface area (Å²) in [4.78, 5) is 11.6. The van der Waals surface area contributed by atoms with E-state index in [4.69, 9.17) is 4.74 Å². The van der Waals surface area contributed by atoms with Crippen molar-refractivity contribution in [1.29, 1.82) is 0 Å². The molecule has 1 atom stereocenters. The second-order valence-corrected chi connectivity index (χ2v) is 4.58. The molecule has 1 saturated heterocycles. The van der Waals surface area contributed by atoms with Crippen molar-refractivity contribution in [3.8, 4) is 0 Å². The molecule has 0 saturated carbocycles. The summed E-state index contributed by atoms with van der Waals surface area (Å²) in [5.74, 6) is -0.278. The molecule has 0 aliphatic carbocycles. The highest BCUT2D eigenvalue weighted by atomic mass is 19.1. The summed E-state index contributed by atoms with van der Waals surface area (Å²) in [5.41, 5.74) is 0.755. The first-order valence-corrected chi connectivity index (χ1v) is 6.64. The van der Waals surface area contributed by atoms with E-state index in [9.17, 15) is 9.18 Å². The standard InChI is InChI=1S/C14H19FN2O2/c15-11-4-1-5-12(10-11)16-7-3-8-17-14(18)13-6-2-9-19-13/h1,4-5,10,13,16H,2-3,6-9H2,(H,17,18). The van der Waals surface area contributed by atoms with Crippen molar-refractivity contribution in [2.24, 2.45) is 0 Å². The van der Waals surface area contributed by atoms with Gasteiger partial charge >= 0.3 is 0 Å². The van der Waals surface area contributed by atoms with Crippen molar-refractivity contribution >= 4 is 11.6 Å². The molecular formula is C14H19FN2O2. The molecule has 1 heterocycles. The van der Waals surface area contributed by atoms with Crippen LogP contribution in [0.3, 0.4) is 0 Å². The van der Waals surface area contributed by atoms with Crippen molar-refractivity contribution in [1.82, 2.24) is 5.32 Å². The van der Waals surface area contributed by atoms with Gasteiger partial charge in [0.1, 0.15) is 11.9 Å². The molecule has 0 radical (unpaired) electrons. The number of amides is 1. The second-order valence-electron chi connectivity index (χ2n) is 4.58. The van der Waals surface area contributed by atoms with Gasteiger partial charge in [0.05, 0.1) is 0 Å². The lowest BCUT2D eigenvalue weighted by Crippen LogP contribution is -2.35. The van der Waals surface area contributed by atoms with Crippen LogP contribution >= 0.6 is 0 Å². The smallest absolute Gasteiger partial charge is 0.249 e. The number of hydrogen-bond donors (Lipinski definition) is 2. The van der Waals surface area contributed by atoms with Crippen molar-refractivity contribution in [2.45, 2.75) is 25.4 Å². The maximum atomic E-state index is 12.9. The van der Waals surface area contributed by atoms with Gasteiger partial charge < -0.3 is 15.4 Å². The van der Waals surface area contributed by atoms with Gasteiger partial charge in [0, 0.05) is 25.4 Å². The average Bonchev–Trinajstić information content (AvgIpc) is 2.92. The van der Waals surface area contributed by atoms with Gasteiger partial charge in [0.15, 0.2) is 0 Å². The topological polar surface area (TPSA) is 50.4 Å². The Balaban J connectivity index is 1.58. The van der Waals surface area contributed by atoms with E-state index in [2.05, 4.69) is 10.6 Å². The second kappa shape index (κ2) is 7.09. The number of carbonyl (C=O) groups excluding carboxylic acids is 1. The Morgan fingerprint density at radius 2 is 2.32 bits per heavy atom. The monoisotopic (exact) mass is 266 g/mol. The maximum Gasteiger partial charge on any atom is 0.249 e. The van der Waals surface area contributed by atoms with Crippen LogP contribution in [-0.2, 0) is 9.53 Å². The lowest BCUT2D eigenvalue weighted by molar-refractivity contribution is -0.130. The van der Waals surface area contributed by atoms with Crippen LogP contribution in [-0.4, -0.2) is 31.7 Å². The van der Waals surface area contributed by atoms with E-state index >= 15 is 0 Å². The fourth-order valence-electron chi connectivity index (χ4n) is 2.03. The highest BCUT2D eigenvalue weighted by molar-refractivity contribution is 5.80. The zero-order valence-electron chi connectivity index (χ0n) is 10.8. The minimum atomic E-state index is -0.267. The van der Waals surface area contributed by atoms with Crippen molar-refractivity contribution in [3.63, 3.8) is 0 Å². The number of hydrogen-bond acceptors (Lipinski definition) is 3. The molecule has 1 aromatic rings. The number of halogens is 1. The first kappa shape index (κ1) is 13.8. The summed E-state index contributed by atoms with van der Waals surface area (Å²) < 4.78 is 18.2. The van der Waals surface area contributed by atoms with E-state index in [1.165, 1.54) is 12.1 Å². The van der Waals surface area contributed by atoms with Gasteiger partial charge in [-0.15, -0.1) is 0 Å². The minimum absolute atomic E-state index is 0.0248. The molecule has 0 bridgehead atoms. The molecule has 1 aliphatic heterocycles. The lowest BCUT2D eigenvalue weighted by atomic mass is 10.2. The first-order valence-electron chi connectivity index (χ1n) is 6.64. The molecule has 1 aromatic carbocycles. The molecule has 5 heteroatoms. The van der Waals surface area contributed by atoms with E-state index in [0.29, 0.717) is 19.7 Å². The van der Waals surface area contributed by atoms with Crippen LogP contribution in [0.15, 0.2) is 24.3 Å². The number of benzene rings is 1. The van der Waals surface area contributed by atoms with Crippen LogP contribution in [0.2, 0.25) is 0 Å². The lowest BCUT2D eigenvalue weighted by Gasteiger charge is -2.11. The van der Waals surface area contributed by atoms with Crippen LogP contribution in [0.4, 0.5) is 10.1 Å². The van der Waals surface area contributed by atoms with Crippen LogP contribution in [0, 0.1) is 5.82 Å². The minimum Gasteiger partial charge on any atom is -0.385 e. The predicted octanol–water partition coefficient (Wildman–Crippen LogP) is 1.92. The van der Waals surface area contributed by atoms with Crippen LogP contribution in [0.25, 0.3) is 0 Å². The highest BCUT2D eigenvalue weighted by Crippen LogP contribution is 2.11. The van der Waals surface area contributed by atoms with E-state index in [1.807, 2.05) is 6.07 Å². The van der Waals surface area contributed by atoms with Gasteiger partial charge in [0.2, 0.25) is 5.91 Å². The van der Waals surface area contributed by atoms with Crippen LogP contribution in [0.1, 0.15) is 19.3 Å². The van der Waals surface area contributed by atoms with Crippen molar-refractivity contribution < 1.29 is 13.9 Å². The third-order valence-electron chi connectivity index (χ3n) is 3.03. The van der Waals surface area contributed by atoms with Crippen LogP contribution in [0.5, 0.6) is 0 Å². The molecule has 0 spiro atoms. The summed E-state index contributed by atoms with van der Waals surface area (Å²) in [7, 11) is 0. The Morgan fingerprint density at radius 3 is 3.05 bits per heavy atom. The van der Waals surface area contributed by atoms with Crippen molar-refractivity contribution in [2.75, 3.05) is 25.0 Å². The summed E-state index contributed by atoms with van der Waals surface area (Å²) in [5, 5.41) is 5.95. The van der Waals surface area contributed by atoms with Gasteiger partial charge in [0.25, 0.3) is 0 Å². The Morgan fingerprint density at radius 1 is 1.42 bits per heavy atom. The summed E-state index contributed by atoms with van der Waals surface area (Å²) in [6.07, 6.45) is 2.29. The highest BCUT2D eigenvalue weighted by Gasteiger charge is 2.22. The number of rotatable bonds is 6. The van der Waals surface area contributed by atoms with E-state index < -0.39 is 0 Å². The quantitative estimate of drug-likeness (QED) is 0.773. The molecule has 1 fully saturated rings. The summed E-state index contributed by atoms with van der Waals surface area (Å²) in [6.45, 7) is 1.97. The largest absolute Gasteiger partial charge is 0.385 e. The van der Waals surface area contributed by atoms with Gasteiger partial charge in [-0.3, -0.25) is 4.79 Å². The fourth-order valence-corrected chi connectivity index (χ4v) is 2.03. The zero-order valence-corrected chi connectivity index (χ0v) is 10.8. The zero-order chi connectivity index (χ0) is 13.5. The number of nitrogens with one attached hydrogen (secondary N) is 2. The third-order valence-corrected chi connectivity index (χ3v) is 3.03. The SMILES string of the molecule is O=C(NCCCNc1cccc(F)c1)C1CCCO1. The van der Waals surface area contributed by atoms with Crippen molar-refractivity contribution in [3.05, 3.63) is 30.1 Å². The third kappa shape index (κ3) is 4.52. The number of ether oxygens (including phenoxy) is 1. The Labute approximate surface area is 112 Å². The molecule has 1 amide bonds.